The molecule has 94 valence electrons. The Bertz CT molecular complexity index is 374. The average molecular weight is 255 g/mol. The van der Waals surface area contributed by atoms with Gasteiger partial charge in [-0.2, -0.15) is 0 Å². The molecule has 1 rings (SSSR count). The summed E-state index contributed by atoms with van der Waals surface area (Å²) in [6.45, 7) is 4.47. The lowest BCUT2D eigenvalue weighted by atomic mass is 9.94. The zero-order valence-electron chi connectivity index (χ0n) is 10.3. The highest BCUT2D eigenvalue weighted by Gasteiger charge is 2.22. The highest BCUT2D eigenvalue weighted by Crippen LogP contribution is 2.22. The van der Waals surface area contributed by atoms with Crippen molar-refractivity contribution < 1.29 is 4.79 Å². The van der Waals surface area contributed by atoms with Gasteiger partial charge >= 0.3 is 0 Å². The fourth-order valence-electron chi connectivity index (χ4n) is 1.61. The van der Waals surface area contributed by atoms with Crippen LogP contribution in [0.5, 0.6) is 0 Å². The molecule has 0 aliphatic heterocycles. The minimum Gasteiger partial charge on any atom is -0.347 e. The standard InChI is InChI=1S/C13H19ClN2O/c1-13(2,16-12(17)4-3-9-15)10-5-7-11(14)8-6-10/h5-8H,3-4,9,15H2,1-2H3,(H,16,17). The van der Waals surface area contributed by atoms with Gasteiger partial charge in [0.15, 0.2) is 0 Å². The van der Waals surface area contributed by atoms with E-state index in [1.54, 1.807) is 0 Å². The van der Waals surface area contributed by atoms with Crippen molar-refractivity contribution in [3.05, 3.63) is 34.9 Å². The first-order chi connectivity index (χ1) is 7.95. The molecule has 0 bridgehead atoms. The van der Waals surface area contributed by atoms with Crippen LogP contribution in [0, 0.1) is 0 Å². The minimum atomic E-state index is -0.393. The van der Waals surface area contributed by atoms with Gasteiger partial charge in [0.25, 0.3) is 0 Å². The van der Waals surface area contributed by atoms with Gasteiger partial charge < -0.3 is 11.1 Å². The highest BCUT2D eigenvalue weighted by atomic mass is 35.5. The van der Waals surface area contributed by atoms with E-state index in [9.17, 15) is 4.79 Å². The minimum absolute atomic E-state index is 0.0235. The van der Waals surface area contributed by atoms with Crippen LogP contribution in [0.2, 0.25) is 5.02 Å². The van der Waals surface area contributed by atoms with Gasteiger partial charge in [-0.05, 0) is 44.5 Å². The Labute approximate surface area is 107 Å². The summed E-state index contributed by atoms with van der Waals surface area (Å²) in [5, 5.41) is 3.68. The molecule has 0 saturated carbocycles. The van der Waals surface area contributed by atoms with E-state index >= 15 is 0 Å². The molecular weight excluding hydrogens is 236 g/mol. The van der Waals surface area contributed by atoms with Gasteiger partial charge in [0, 0.05) is 11.4 Å². The summed E-state index contributed by atoms with van der Waals surface area (Å²) in [7, 11) is 0. The number of hydrogen-bond donors (Lipinski definition) is 2. The third kappa shape index (κ3) is 4.36. The molecule has 0 spiro atoms. The summed E-state index contributed by atoms with van der Waals surface area (Å²) >= 11 is 5.83. The number of rotatable bonds is 5. The van der Waals surface area contributed by atoms with Crippen molar-refractivity contribution in [3.8, 4) is 0 Å². The number of nitrogens with one attached hydrogen (secondary N) is 1. The van der Waals surface area contributed by atoms with Crippen molar-refractivity contribution in [1.29, 1.82) is 0 Å². The SMILES string of the molecule is CC(C)(NC(=O)CCCN)c1ccc(Cl)cc1. The molecule has 4 heteroatoms. The summed E-state index contributed by atoms with van der Waals surface area (Å²) in [6.07, 6.45) is 1.18. The Morgan fingerprint density at radius 2 is 1.94 bits per heavy atom. The third-order valence-electron chi connectivity index (χ3n) is 2.63. The van der Waals surface area contributed by atoms with Crippen molar-refractivity contribution in [1.82, 2.24) is 5.32 Å². The first-order valence-electron chi connectivity index (χ1n) is 5.73. The zero-order valence-corrected chi connectivity index (χ0v) is 11.1. The van der Waals surface area contributed by atoms with Gasteiger partial charge in [-0.15, -0.1) is 0 Å². The number of nitrogens with two attached hydrogens (primary N) is 1. The Balaban J connectivity index is 2.67. The largest absolute Gasteiger partial charge is 0.347 e. The van der Waals surface area contributed by atoms with E-state index in [1.807, 2.05) is 38.1 Å². The quantitative estimate of drug-likeness (QED) is 0.848. The van der Waals surface area contributed by atoms with Gasteiger partial charge in [0.05, 0.1) is 5.54 Å². The monoisotopic (exact) mass is 254 g/mol. The lowest BCUT2D eigenvalue weighted by molar-refractivity contribution is -0.122. The zero-order chi connectivity index (χ0) is 12.9. The lowest BCUT2D eigenvalue weighted by Gasteiger charge is -2.27. The predicted molar refractivity (Wildman–Crippen MR) is 70.9 cm³/mol. The average Bonchev–Trinajstić information content (AvgIpc) is 2.26. The van der Waals surface area contributed by atoms with E-state index in [1.165, 1.54) is 0 Å². The Morgan fingerprint density at radius 3 is 2.47 bits per heavy atom. The van der Waals surface area contributed by atoms with Crippen LogP contribution in [0.1, 0.15) is 32.3 Å². The number of amides is 1. The summed E-state index contributed by atoms with van der Waals surface area (Å²) in [5.74, 6) is 0.0235. The maximum absolute atomic E-state index is 11.7. The van der Waals surface area contributed by atoms with E-state index in [0.717, 1.165) is 5.56 Å². The Kier molecular flexibility index (Phi) is 4.97. The van der Waals surface area contributed by atoms with E-state index in [0.29, 0.717) is 24.4 Å². The molecular formula is C13H19ClN2O. The van der Waals surface area contributed by atoms with Crippen LogP contribution in [0.15, 0.2) is 24.3 Å². The maximum Gasteiger partial charge on any atom is 0.220 e. The summed E-state index contributed by atoms with van der Waals surface area (Å²) in [4.78, 5) is 11.7. The van der Waals surface area contributed by atoms with Gasteiger partial charge in [-0.3, -0.25) is 4.79 Å². The molecule has 0 radical (unpaired) electrons. The molecule has 1 aromatic carbocycles. The second-order valence-corrected chi connectivity index (χ2v) is 5.01. The van der Waals surface area contributed by atoms with Crippen LogP contribution in [-0.2, 0) is 10.3 Å². The third-order valence-corrected chi connectivity index (χ3v) is 2.88. The van der Waals surface area contributed by atoms with Crippen molar-refractivity contribution in [2.75, 3.05) is 6.54 Å². The number of halogens is 1. The van der Waals surface area contributed by atoms with Crippen LogP contribution in [0.25, 0.3) is 0 Å². The van der Waals surface area contributed by atoms with Crippen molar-refractivity contribution in [3.63, 3.8) is 0 Å². The van der Waals surface area contributed by atoms with Gasteiger partial charge in [-0.1, -0.05) is 23.7 Å². The molecule has 0 aromatic heterocycles. The van der Waals surface area contributed by atoms with E-state index in [4.69, 9.17) is 17.3 Å². The molecule has 1 aromatic rings. The van der Waals surface area contributed by atoms with E-state index in [-0.39, 0.29) is 5.91 Å². The van der Waals surface area contributed by atoms with Crippen LogP contribution < -0.4 is 11.1 Å². The number of benzene rings is 1. The molecule has 17 heavy (non-hydrogen) atoms. The van der Waals surface area contributed by atoms with Crippen molar-refractivity contribution in [2.24, 2.45) is 5.73 Å². The molecule has 3 nitrogen and oxygen atoms in total. The maximum atomic E-state index is 11.7. The first-order valence-corrected chi connectivity index (χ1v) is 6.10. The molecule has 0 unspecified atom stereocenters. The topological polar surface area (TPSA) is 55.1 Å². The molecule has 0 aliphatic rings. The Hall–Kier alpha value is -1.06. The number of carbonyl (C=O) groups excluding carboxylic acids is 1. The second-order valence-electron chi connectivity index (χ2n) is 4.57. The van der Waals surface area contributed by atoms with Crippen LogP contribution in [0.4, 0.5) is 0 Å². The molecule has 1 amide bonds. The summed E-state index contributed by atoms with van der Waals surface area (Å²) < 4.78 is 0. The van der Waals surface area contributed by atoms with Crippen molar-refractivity contribution >= 4 is 17.5 Å². The van der Waals surface area contributed by atoms with Crippen molar-refractivity contribution in [2.45, 2.75) is 32.2 Å². The number of carbonyl (C=O) groups is 1. The van der Waals surface area contributed by atoms with Crippen LogP contribution in [0.3, 0.4) is 0 Å². The molecule has 0 saturated heterocycles. The summed E-state index contributed by atoms with van der Waals surface area (Å²) in [5.41, 5.74) is 6.01. The molecule has 3 N–H and O–H groups in total. The second kappa shape index (κ2) is 6.03. The predicted octanol–water partition coefficient (Wildman–Crippen LogP) is 2.43. The molecule has 0 atom stereocenters. The highest BCUT2D eigenvalue weighted by molar-refractivity contribution is 6.30. The summed E-state index contributed by atoms with van der Waals surface area (Å²) in [6, 6.07) is 7.49. The Morgan fingerprint density at radius 1 is 1.35 bits per heavy atom. The van der Waals surface area contributed by atoms with Gasteiger partial charge in [0.1, 0.15) is 0 Å². The van der Waals surface area contributed by atoms with Gasteiger partial charge in [0.2, 0.25) is 5.91 Å². The molecule has 0 aliphatic carbocycles. The fourth-order valence-corrected chi connectivity index (χ4v) is 1.74. The number of hydrogen-bond acceptors (Lipinski definition) is 2. The fraction of sp³-hybridized carbons (Fsp3) is 0.462. The lowest BCUT2D eigenvalue weighted by Crippen LogP contribution is -2.41. The van der Waals surface area contributed by atoms with Crippen LogP contribution >= 0.6 is 11.6 Å². The molecule has 0 fully saturated rings. The smallest absolute Gasteiger partial charge is 0.220 e. The first kappa shape index (κ1) is 14.0. The normalized spacial score (nSPS) is 11.3. The molecule has 0 heterocycles. The van der Waals surface area contributed by atoms with E-state index in [2.05, 4.69) is 5.32 Å². The van der Waals surface area contributed by atoms with Crippen LogP contribution in [-0.4, -0.2) is 12.5 Å². The van der Waals surface area contributed by atoms with Gasteiger partial charge in [-0.25, -0.2) is 0 Å². The van der Waals surface area contributed by atoms with E-state index < -0.39 is 5.54 Å².